The maximum Gasteiger partial charge on any atom is 0.311 e. The Balaban J connectivity index is 2.07. The van der Waals surface area contributed by atoms with Gasteiger partial charge in [-0.05, 0) is 5.56 Å². The molecule has 0 radical (unpaired) electrons. The van der Waals surface area contributed by atoms with Crippen LogP contribution in [0.15, 0.2) is 42.9 Å². The lowest BCUT2D eigenvalue weighted by Crippen LogP contribution is -2.07. The highest BCUT2D eigenvalue weighted by Crippen LogP contribution is 2.05. The Morgan fingerprint density at radius 3 is 2.61 bits per heavy atom. The molecule has 1 aromatic heterocycles. The molecule has 1 heterocycles. The van der Waals surface area contributed by atoms with Crippen molar-refractivity contribution < 1.29 is 14.7 Å². The first-order chi connectivity index (χ1) is 8.65. The quantitative estimate of drug-likeness (QED) is 0.640. The van der Waals surface area contributed by atoms with E-state index >= 15 is 0 Å². The fourth-order valence-corrected chi connectivity index (χ4v) is 1.61. The summed E-state index contributed by atoms with van der Waals surface area (Å²) in [7, 11) is 0. The number of hydrogen-bond acceptors (Lipinski definition) is 3. The van der Waals surface area contributed by atoms with Gasteiger partial charge in [0.2, 0.25) is 0 Å². The van der Waals surface area contributed by atoms with Gasteiger partial charge in [-0.2, -0.15) is 0 Å². The van der Waals surface area contributed by atoms with E-state index in [1.54, 1.807) is 10.8 Å². The lowest BCUT2D eigenvalue weighted by atomic mass is 10.2. The summed E-state index contributed by atoms with van der Waals surface area (Å²) in [6, 6.07) is 9.74. The molecule has 18 heavy (non-hydrogen) atoms. The summed E-state index contributed by atoms with van der Waals surface area (Å²) in [4.78, 5) is 25.8. The second kappa shape index (κ2) is 5.27. The average Bonchev–Trinajstić information content (AvgIpc) is 2.78. The Morgan fingerprint density at radius 1 is 1.22 bits per heavy atom. The number of Topliss-reactive ketones (excluding diaryl/α,β-unsaturated/α-hetero) is 1. The Morgan fingerprint density at radius 2 is 1.94 bits per heavy atom. The van der Waals surface area contributed by atoms with Crippen LogP contribution < -0.4 is 0 Å². The van der Waals surface area contributed by atoms with Crippen molar-refractivity contribution in [2.24, 2.45) is 0 Å². The number of benzene rings is 1. The Kier molecular flexibility index (Phi) is 3.52. The van der Waals surface area contributed by atoms with E-state index in [1.165, 1.54) is 6.33 Å². The van der Waals surface area contributed by atoms with Gasteiger partial charge in [-0.25, -0.2) is 4.98 Å². The number of carbonyl (C=O) groups is 2. The lowest BCUT2D eigenvalue weighted by molar-refractivity contribution is -0.135. The van der Waals surface area contributed by atoms with Crippen LogP contribution in [0.4, 0.5) is 0 Å². The van der Waals surface area contributed by atoms with Crippen LogP contribution in [-0.2, 0) is 11.3 Å². The number of rotatable bonds is 5. The Bertz CT molecular complexity index is 561. The van der Waals surface area contributed by atoms with Crippen LogP contribution in [-0.4, -0.2) is 26.4 Å². The lowest BCUT2D eigenvalue weighted by Gasteiger charge is -2.00. The van der Waals surface area contributed by atoms with Crippen molar-refractivity contribution in [2.45, 2.75) is 13.0 Å². The molecule has 0 atom stereocenters. The molecule has 0 bridgehead atoms. The third-order valence-corrected chi connectivity index (χ3v) is 2.44. The predicted octanol–water partition coefficient (Wildman–Crippen LogP) is 1.59. The second-order valence-corrected chi connectivity index (χ2v) is 3.91. The predicted molar refractivity (Wildman–Crippen MR) is 64.4 cm³/mol. The van der Waals surface area contributed by atoms with Crippen LogP contribution in [0.1, 0.15) is 22.5 Å². The van der Waals surface area contributed by atoms with Gasteiger partial charge in [0.25, 0.3) is 0 Å². The van der Waals surface area contributed by atoms with Gasteiger partial charge < -0.3 is 9.67 Å². The first kappa shape index (κ1) is 12.0. The molecule has 0 aliphatic rings. The van der Waals surface area contributed by atoms with Crippen LogP contribution in [0.2, 0.25) is 0 Å². The van der Waals surface area contributed by atoms with Gasteiger partial charge in [-0.15, -0.1) is 0 Å². The minimum absolute atomic E-state index is 0.188. The molecule has 1 aromatic carbocycles. The molecule has 5 heteroatoms. The molecule has 1 N–H and O–H groups in total. The Labute approximate surface area is 104 Å². The molecule has 0 saturated carbocycles. The van der Waals surface area contributed by atoms with Crippen LogP contribution in [0.3, 0.4) is 0 Å². The van der Waals surface area contributed by atoms with Crippen molar-refractivity contribution >= 4 is 11.8 Å². The third-order valence-electron chi connectivity index (χ3n) is 2.44. The fourth-order valence-electron chi connectivity index (χ4n) is 1.61. The van der Waals surface area contributed by atoms with Gasteiger partial charge in [-0.1, -0.05) is 30.3 Å². The zero-order valence-electron chi connectivity index (χ0n) is 9.61. The van der Waals surface area contributed by atoms with Crippen molar-refractivity contribution in [1.29, 1.82) is 0 Å². The minimum atomic E-state index is -1.14. The van der Waals surface area contributed by atoms with Crippen LogP contribution in [0.5, 0.6) is 0 Å². The molecule has 5 nitrogen and oxygen atoms in total. The van der Waals surface area contributed by atoms with Crippen LogP contribution >= 0.6 is 0 Å². The zero-order valence-corrected chi connectivity index (χ0v) is 9.61. The number of carboxylic acid groups (broad SMARTS) is 1. The van der Waals surface area contributed by atoms with E-state index in [0.717, 1.165) is 5.56 Å². The molecule has 0 unspecified atom stereocenters. The molecule has 0 fully saturated rings. The van der Waals surface area contributed by atoms with Gasteiger partial charge >= 0.3 is 5.97 Å². The molecule has 0 spiro atoms. The first-order valence-corrected chi connectivity index (χ1v) is 5.46. The molecule has 0 aliphatic carbocycles. The molecular weight excluding hydrogens is 232 g/mol. The van der Waals surface area contributed by atoms with Gasteiger partial charge in [0.15, 0.2) is 5.78 Å². The first-order valence-electron chi connectivity index (χ1n) is 5.46. The van der Waals surface area contributed by atoms with E-state index in [2.05, 4.69) is 4.98 Å². The van der Waals surface area contributed by atoms with E-state index < -0.39 is 18.2 Å². The summed E-state index contributed by atoms with van der Waals surface area (Å²) in [5.74, 6) is -1.62. The van der Waals surface area contributed by atoms with Gasteiger partial charge in [0.05, 0.1) is 6.33 Å². The standard InChI is InChI=1S/C13H12N2O3/c16-12(6-13(17)18)11-8-15(9-14-11)7-10-4-2-1-3-5-10/h1-5,8-9H,6-7H2,(H,17,18). The van der Waals surface area contributed by atoms with Gasteiger partial charge in [0, 0.05) is 12.7 Å². The number of carbonyl (C=O) groups excluding carboxylic acids is 1. The molecule has 0 saturated heterocycles. The number of aliphatic carboxylic acids is 1. The summed E-state index contributed by atoms with van der Waals surface area (Å²) in [6.45, 7) is 0.605. The Hall–Kier alpha value is -2.43. The number of imidazole rings is 1. The highest BCUT2D eigenvalue weighted by atomic mass is 16.4. The topological polar surface area (TPSA) is 72.2 Å². The molecule has 92 valence electrons. The summed E-state index contributed by atoms with van der Waals surface area (Å²) in [5.41, 5.74) is 1.28. The second-order valence-electron chi connectivity index (χ2n) is 3.91. The highest BCUT2D eigenvalue weighted by molar-refractivity contribution is 6.04. The van der Waals surface area contributed by atoms with Gasteiger partial charge in [0.1, 0.15) is 12.1 Å². The smallest absolute Gasteiger partial charge is 0.311 e. The van der Waals surface area contributed by atoms with Crippen LogP contribution in [0, 0.1) is 0 Å². The highest BCUT2D eigenvalue weighted by Gasteiger charge is 2.13. The summed E-state index contributed by atoms with van der Waals surface area (Å²) in [6.07, 6.45) is 2.57. The van der Waals surface area contributed by atoms with E-state index in [-0.39, 0.29) is 5.69 Å². The van der Waals surface area contributed by atoms with E-state index in [4.69, 9.17) is 5.11 Å². The number of hydrogen-bond donors (Lipinski definition) is 1. The fraction of sp³-hybridized carbons (Fsp3) is 0.154. The number of aromatic nitrogens is 2. The van der Waals surface area contributed by atoms with Crippen molar-refractivity contribution in [3.05, 3.63) is 54.1 Å². The number of carboxylic acids is 1. The molecule has 2 rings (SSSR count). The van der Waals surface area contributed by atoms with E-state index in [1.807, 2.05) is 30.3 Å². The van der Waals surface area contributed by atoms with Crippen LogP contribution in [0.25, 0.3) is 0 Å². The zero-order chi connectivity index (χ0) is 13.0. The third kappa shape index (κ3) is 3.04. The van der Waals surface area contributed by atoms with Gasteiger partial charge in [-0.3, -0.25) is 9.59 Å². The maximum atomic E-state index is 11.5. The maximum absolute atomic E-state index is 11.5. The normalized spacial score (nSPS) is 10.2. The van der Waals surface area contributed by atoms with Crippen molar-refractivity contribution in [2.75, 3.05) is 0 Å². The van der Waals surface area contributed by atoms with Crippen molar-refractivity contribution in [3.8, 4) is 0 Å². The number of nitrogens with zero attached hydrogens (tertiary/aromatic N) is 2. The summed E-state index contributed by atoms with van der Waals surface area (Å²) in [5, 5.41) is 8.53. The SMILES string of the molecule is O=C(O)CC(=O)c1cn(Cc2ccccc2)cn1. The van der Waals surface area contributed by atoms with Crippen molar-refractivity contribution in [3.63, 3.8) is 0 Å². The molecule has 0 aliphatic heterocycles. The monoisotopic (exact) mass is 244 g/mol. The molecule has 0 amide bonds. The molecule has 2 aromatic rings. The summed E-state index contributed by atoms with van der Waals surface area (Å²) < 4.78 is 1.75. The van der Waals surface area contributed by atoms with E-state index in [0.29, 0.717) is 6.54 Å². The molecular formula is C13H12N2O3. The summed E-state index contributed by atoms with van der Waals surface area (Å²) >= 11 is 0. The number of ketones is 1. The average molecular weight is 244 g/mol. The van der Waals surface area contributed by atoms with E-state index in [9.17, 15) is 9.59 Å². The van der Waals surface area contributed by atoms with Crippen molar-refractivity contribution in [1.82, 2.24) is 9.55 Å². The minimum Gasteiger partial charge on any atom is -0.481 e. The largest absolute Gasteiger partial charge is 0.481 e.